The van der Waals surface area contributed by atoms with Crippen LogP contribution in [0.5, 0.6) is 5.75 Å². The van der Waals surface area contributed by atoms with Crippen LogP contribution < -0.4 is 16.2 Å². The normalized spacial score (nSPS) is 11.8. The van der Waals surface area contributed by atoms with Gasteiger partial charge in [-0.3, -0.25) is 4.79 Å². The van der Waals surface area contributed by atoms with Crippen LogP contribution in [0.15, 0.2) is 54.6 Å². The smallest absolute Gasteiger partial charge is 0.354 e. The number of ether oxygens (including phenoxy) is 1. The van der Waals surface area contributed by atoms with Gasteiger partial charge in [0.1, 0.15) is 11.8 Å². The number of nitrogen functional groups attached to an aromatic ring is 1. The molecule has 142 valence electrons. The molecular formula is C20H17N3O5. The fourth-order valence-corrected chi connectivity index (χ4v) is 2.67. The van der Waals surface area contributed by atoms with Crippen molar-refractivity contribution in [2.75, 3.05) is 5.73 Å². The highest BCUT2D eigenvalue weighted by atomic mass is 16.5. The van der Waals surface area contributed by atoms with E-state index in [0.717, 1.165) is 6.07 Å². The summed E-state index contributed by atoms with van der Waals surface area (Å²) in [4.78, 5) is 40.0. The summed E-state index contributed by atoms with van der Waals surface area (Å²) in [6.45, 7) is 0. The molecule has 5 N–H and O–H groups in total. The molecule has 0 unspecified atom stereocenters. The van der Waals surface area contributed by atoms with Crippen LogP contribution in [0.1, 0.15) is 27.3 Å². The van der Waals surface area contributed by atoms with Gasteiger partial charge >= 0.3 is 11.9 Å². The van der Waals surface area contributed by atoms with Crippen LogP contribution in [-0.4, -0.2) is 33.9 Å². The van der Waals surface area contributed by atoms with Crippen molar-refractivity contribution in [1.82, 2.24) is 4.98 Å². The number of rotatable bonds is 6. The van der Waals surface area contributed by atoms with Gasteiger partial charge in [-0.15, -0.1) is 0 Å². The lowest BCUT2D eigenvalue weighted by atomic mass is 10.0. The average molecular weight is 379 g/mol. The summed E-state index contributed by atoms with van der Waals surface area (Å²) in [7, 11) is 0. The Morgan fingerprint density at radius 1 is 1.07 bits per heavy atom. The molecule has 1 heterocycles. The Morgan fingerprint density at radius 2 is 1.75 bits per heavy atom. The molecule has 0 amide bonds. The van der Waals surface area contributed by atoms with Gasteiger partial charge in [0.2, 0.25) is 0 Å². The molecule has 0 radical (unpaired) electrons. The molecule has 2 aromatic carbocycles. The van der Waals surface area contributed by atoms with E-state index in [2.05, 4.69) is 4.98 Å². The number of esters is 1. The van der Waals surface area contributed by atoms with E-state index in [4.69, 9.17) is 16.2 Å². The first-order chi connectivity index (χ1) is 13.4. The first-order valence-corrected chi connectivity index (χ1v) is 8.35. The number of hydrogen-bond donors (Lipinski definition) is 3. The number of nitrogens with zero attached hydrogens (tertiary/aromatic N) is 1. The van der Waals surface area contributed by atoms with Gasteiger partial charge in [-0.2, -0.15) is 0 Å². The number of fused-ring (bicyclic) bond motifs is 1. The molecular weight excluding hydrogens is 362 g/mol. The Kier molecular flexibility index (Phi) is 5.32. The summed E-state index contributed by atoms with van der Waals surface area (Å²) < 4.78 is 5.30. The second-order valence-electron chi connectivity index (χ2n) is 6.07. The molecule has 0 saturated heterocycles. The van der Waals surface area contributed by atoms with Gasteiger partial charge < -0.3 is 21.3 Å². The molecule has 0 fully saturated rings. The minimum Gasteiger partial charge on any atom is -0.477 e. The molecule has 28 heavy (non-hydrogen) atoms. The number of benzene rings is 2. The number of carboxylic acid groups (broad SMARTS) is 1. The summed E-state index contributed by atoms with van der Waals surface area (Å²) in [6.07, 6.45) is -0.304. The number of nitrogens with two attached hydrogens (primary N) is 2. The van der Waals surface area contributed by atoms with E-state index >= 15 is 0 Å². The molecule has 3 aromatic rings. The van der Waals surface area contributed by atoms with Gasteiger partial charge in [0.25, 0.3) is 0 Å². The molecule has 0 saturated carbocycles. The molecule has 0 bridgehead atoms. The largest absolute Gasteiger partial charge is 0.477 e. The summed E-state index contributed by atoms with van der Waals surface area (Å²) in [6, 6.07) is 13.0. The first-order valence-electron chi connectivity index (χ1n) is 8.35. The van der Waals surface area contributed by atoms with Gasteiger partial charge in [-0.1, -0.05) is 24.3 Å². The number of anilines is 1. The van der Waals surface area contributed by atoms with Crippen molar-refractivity contribution >= 4 is 34.3 Å². The summed E-state index contributed by atoms with van der Waals surface area (Å²) in [5.41, 5.74) is 12.2. The number of para-hydroxylation sites is 2. The van der Waals surface area contributed by atoms with E-state index in [1.165, 1.54) is 0 Å². The lowest BCUT2D eigenvalue weighted by Gasteiger charge is -2.13. The topological polar surface area (TPSA) is 146 Å². The van der Waals surface area contributed by atoms with Crippen molar-refractivity contribution in [1.29, 1.82) is 0 Å². The monoisotopic (exact) mass is 379 g/mol. The molecule has 1 atom stereocenters. The second kappa shape index (κ2) is 7.85. The summed E-state index contributed by atoms with van der Waals surface area (Å²) in [5, 5.41) is 9.65. The quantitative estimate of drug-likeness (QED) is 0.335. The van der Waals surface area contributed by atoms with Crippen molar-refractivity contribution in [2.24, 2.45) is 5.73 Å². The standard InChI is InChI=1S/C20H17N3O5/c21-13-7-3-1-5-11(13)17(24)9-14(22)20(27)28-18-10-16(19(25)26)23-15-8-4-2-6-12(15)18/h1-8,10,14H,9,21-22H2,(H,25,26)/t14-/m0/s1. The van der Waals surface area contributed by atoms with E-state index < -0.39 is 23.8 Å². The fraction of sp³-hybridized carbons (Fsp3) is 0.100. The van der Waals surface area contributed by atoms with E-state index in [1.54, 1.807) is 48.5 Å². The van der Waals surface area contributed by atoms with E-state index in [-0.39, 0.29) is 23.4 Å². The van der Waals surface area contributed by atoms with Crippen molar-refractivity contribution < 1.29 is 24.2 Å². The summed E-state index contributed by atoms with van der Waals surface area (Å²) >= 11 is 0. The Hall–Kier alpha value is -3.78. The van der Waals surface area contributed by atoms with Crippen LogP contribution in [0.4, 0.5) is 5.69 Å². The van der Waals surface area contributed by atoms with Gasteiger partial charge in [-0.05, 0) is 24.3 Å². The third-order valence-corrected chi connectivity index (χ3v) is 4.08. The van der Waals surface area contributed by atoms with Crippen molar-refractivity contribution in [3.05, 3.63) is 65.9 Å². The van der Waals surface area contributed by atoms with Gasteiger partial charge in [0, 0.05) is 29.1 Å². The van der Waals surface area contributed by atoms with E-state index in [0.29, 0.717) is 16.6 Å². The maximum absolute atomic E-state index is 12.4. The highest BCUT2D eigenvalue weighted by molar-refractivity contribution is 6.03. The number of pyridine rings is 1. The zero-order chi connectivity index (χ0) is 20.3. The van der Waals surface area contributed by atoms with Crippen LogP contribution in [0.25, 0.3) is 10.9 Å². The number of carbonyl (C=O) groups is 3. The third-order valence-electron chi connectivity index (χ3n) is 4.08. The number of hydrogen-bond acceptors (Lipinski definition) is 7. The average Bonchev–Trinajstić information content (AvgIpc) is 2.67. The van der Waals surface area contributed by atoms with E-state index in [9.17, 15) is 19.5 Å². The van der Waals surface area contributed by atoms with Crippen LogP contribution in [0.3, 0.4) is 0 Å². The highest BCUT2D eigenvalue weighted by Gasteiger charge is 2.23. The summed E-state index contributed by atoms with van der Waals surface area (Å²) in [5.74, 6) is -2.51. The zero-order valence-corrected chi connectivity index (χ0v) is 14.7. The number of Topliss-reactive ketones (excluding diaryl/α,β-unsaturated/α-hetero) is 1. The van der Waals surface area contributed by atoms with Gasteiger partial charge in [-0.25, -0.2) is 14.6 Å². The SMILES string of the molecule is Nc1ccccc1C(=O)C[C@H](N)C(=O)Oc1cc(C(=O)O)nc2ccccc12. The predicted molar refractivity (Wildman–Crippen MR) is 102 cm³/mol. The Balaban J connectivity index is 1.81. The molecule has 0 aliphatic heterocycles. The molecule has 8 nitrogen and oxygen atoms in total. The fourth-order valence-electron chi connectivity index (χ4n) is 2.67. The van der Waals surface area contributed by atoms with E-state index in [1.807, 2.05) is 0 Å². The number of aromatic nitrogens is 1. The van der Waals surface area contributed by atoms with Crippen LogP contribution in [0.2, 0.25) is 0 Å². The Labute approximate surface area is 159 Å². The Morgan fingerprint density at radius 3 is 2.46 bits per heavy atom. The number of carboxylic acids is 1. The number of carbonyl (C=O) groups excluding carboxylic acids is 2. The maximum Gasteiger partial charge on any atom is 0.354 e. The van der Waals surface area contributed by atoms with Gasteiger partial charge in [0.05, 0.1) is 5.52 Å². The third kappa shape index (κ3) is 3.97. The molecule has 3 rings (SSSR count). The maximum atomic E-state index is 12.4. The second-order valence-corrected chi connectivity index (χ2v) is 6.07. The van der Waals surface area contributed by atoms with Crippen molar-refractivity contribution in [3.8, 4) is 5.75 Å². The van der Waals surface area contributed by atoms with Crippen molar-refractivity contribution in [3.63, 3.8) is 0 Å². The van der Waals surface area contributed by atoms with Crippen LogP contribution in [-0.2, 0) is 4.79 Å². The molecule has 1 aromatic heterocycles. The predicted octanol–water partition coefficient (Wildman–Crippen LogP) is 2.02. The highest BCUT2D eigenvalue weighted by Crippen LogP contribution is 2.26. The molecule has 0 aliphatic carbocycles. The van der Waals surface area contributed by atoms with Crippen LogP contribution >= 0.6 is 0 Å². The minimum atomic E-state index is -1.26. The van der Waals surface area contributed by atoms with Crippen LogP contribution in [0, 0.1) is 0 Å². The lowest BCUT2D eigenvalue weighted by Crippen LogP contribution is -2.36. The number of ketones is 1. The Bertz CT molecular complexity index is 1080. The zero-order valence-electron chi connectivity index (χ0n) is 14.7. The molecule has 8 heteroatoms. The molecule has 0 aliphatic rings. The molecule has 0 spiro atoms. The van der Waals surface area contributed by atoms with Gasteiger partial charge in [0.15, 0.2) is 11.5 Å². The van der Waals surface area contributed by atoms with Crippen molar-refractivity contribution in [2.45, 2.75) is 12.5 Å². The first kappa shape index (κ1) is 19.0. The minimum absolute atomic E-state index is 0.00937. The number of aromatic carboxylic acids is 1. The lowest BCUT2D eigenvalue weighted by molar-refractivity contribution is -0.135.